The number of furan rings is 1. The Kier molecular flexibility index (Phi) is 6.13. The second-order valence-electron chi connectivity index (χ2n) is 6.39. The Morgan fingerprint density at radius 2 is 1.83 bits per heavy atom. The van der Waals surface area contributed by atoms with Crippen LogP contribution in [-0.2, 0) is 16.1 Å². The lowest BCUT2D eigenvalue weighted by Crippen LogP contribution is -2.37. The number of para-hydroxylation sites is 1. The molecule has 0 aliphatic rings. The first-order valence-corrected chi connectivity index (χ1v) is 8.96. The average molecular weight is 395 g/mol. The lowest BCUT2D eigenvalue weighted by atomic mass is 10.2. The predicted octanol–water partition coefficient (Wildman–Crippen LogP) is 3.25. The Bertz CT molecular complexity index is 1010. The van der Waals surface area contributed by atoms with Gasteiger partial charge in [0.2, 0.25) is 0 Å². The molecule has 2 aromatic heterocycles. The van der Waals surface area contributed by atoms with Gasteiger partial charge in [0.25, 0.3) is 5.91 Å². The third kappa shape index (κ3) is 5.13. The van der Waals surface area contributed by atoms with Gasteiger partial charge in [-0.25, -0.2) is 9.59 Å². The zero-order chi connectivity index (χ0) is 20.8. The van der Waals surface area contributed by atoms with Gasteiger partial charge in [-0.1, -0.05) is 18.2 Å². The summed E-state index contributed by atoms with van der Waals surface area (Å²) in [4.78, 5) is 36.1. The van der Waals surface area contributed by atoms with Crippen LogP contribution < -0.4 is 10.6 Å². The number of urea groups is 1. The van der Waals surface area contributed by atoms with Gasteiger partial charge in [-0.2, -0.15) is 0 Å². The number of imide groups is 1. The second kappa shape index (κ2) is 8.92. The highest BCUT2D eigenvalue weighted by Gasteiger charge is 2.19. The Labute approximate surface area is 167 Å². The van der Waals surface area contributed by atoms with Crippen LogP contribution in [0.1, 0.15) is 27.5 Å². The van der Waals surface area contributed by atoms with Gasteiger partial charge in [0, 0.05) is 17.1 Å². The highest BCUT2D eigenvalue weighted by atomic mass is 16.5. The van der Waals surface area contributed by atoms with Crippen molar-refractivity contribution in [3.05, 3.63) is 77.5 Å². The van der Waals surface area contributed by atoms with E-state index in [2.05, 4.69) is 10.6 Å². The maximum absolute atomic E-state index is 12.4. The van der Waals surface area contributed by atoms with Gasteiger partial charge in [0.1, 0.15) is 5.76 Å². The molecule has 150 valence electrons. The fraction of sp³-hybridized carbons (Fsp3) is 0.190. The van der Waals surface area contributed by atoms with Crippen molar-refractivity contribution in [3.8, 4) is 0 Å². The Morgan fingerprint density at radius 1 is 1.07 bits per heavy atom. The molecule has 2 N–H and O–H groups in total. The quantitative estimate of drug-likeness (QED) is 0.624. The van der Waals surface area contributed by atoms with Gasteiger partial charge >= 0.3 is 12.0 Å². The van der Waals surface area contributed by atoms with E-state index < -0.39 is 24.5 Å². The van der Waals surface area contributed by atoms with Crippen molar-refractivity contribution in [2.24, 2.45) is 0 Å². The van der Waals surface area contributed by atoms with Crippen molar-refractivity contribution in [2.45, 2.75) is 20.4 Å². The Balaban J connectivity index is 1.54. The molecule has 0 saturated carbocycles. The summed E-state index contributed by atoms with van der Waals surface area (Å²) >= 11 is 0. The van der Waals surface area contributed by atoms with E-state index in [0.717, 1.165) is 11.5 Å². The predicted molar refractivity (Wildman–Crippen MR) is 106 cm³/mol. The summed E-state index contributed by atoms with van der Waals surface area (Å²) < 4.78 is 12.3. The van der Waals surface area contributed by atoms with Crippen LogP contribution in [0.4, 0.5) is 10.5 Å². The Morgan fingerprint density at radius 3 is 2.52 bits per heavy atom. The van der Waals surface area contributed by atoms with E-state index in [1.807, 2.05) is 17.6 Å². The zero-order valence-electron chi connectivity index (χ0n) is 16.1. The van der Waals surface area contributed by atoms with Crippen molar-refractivity contribution in [3.63, 3.8) is 0 Å². The van der Waals surface area contributed by atoms with Gasteiger partial charge in [0.05, 0.1) is 18.4 Å². The molecule has 3 amide bonds. The molecule has 0 spiro atoms. The molecule has 1 aromatic carbocycles. The van der Waals surface area contributed by atoms with Crippen molar-refractivity contribution in [1.82, 2.24) is 9.88 Å². The summed E-state index contributed by atoms with van der Waals surface area (Å²) in [6.07, 6.45) is 1.59. The van der Waals surface area contributed by atoms with E-state index in [1.165, 1.54) is 0 Å². The summed E-state index contributed by atoms with van der Waals surface area (Å²) in [5, 5.41) is 4.62. The molecular formula is C21H21N3O5. The van der Waals surface area contributed by atoms with Crippen LogP contribution in [0.25, 0.3) is 0 Å². The van der Waals surface area contributed by atoms with Crippen LogP contribution in [0.3, 0.4) is 0 Å². The summed E-state index contributed by atoms with van der Waals surface area (Å²) in [6, 6.07) is 13.3. The molecule has 8 nitrogen and oxygen atoms in total. The number of esters is 1. The number of aromatic nitrogens is 1. The van der Waals surface area contributed by atoms with Gasteiger partial charge < -0.3 is 19.0 Å². The van der Waals surface area contributed by atoms with Crippen LogP contribution in [-0.4, -0.2) is 29.1 Å². The van der Waals surface area contributed by atoms with Crippen molar-refractivity contribution in [1.29, 1.82) is 0 Å². The minimum absolute atomic E-state index is 0.357. The van der Waals surface area contributed by atoms with Crippen molar-refractivity contribution in [2.75, 3.05) is 11.9 Å². The topological polar surface area (TPSA) is 103 Å². The molecular weight excluding hydrogens is 374 g/mol. The molecule has 0 aliphatic carbocycles. The molecule has 0 radical (unpaired) electrons. The maximum atomic E-state index is 12.4. The van der Waals surface area contributed by atoms with Crippen LogP contribution in [0.2, 0.25) is 0 Å². The molecule has 3 aromatic rings. The highest BCUT2D eigenvalue weighted by molar-refractivity contribution is 6.02. The monoisotopic (exact) mass is 395 g/mol. The van der Waals surface area contributed by atoms with Crippen molar-refractivity contribution < 1.29 is 23.5 Å². The van der Waals surface area contributed by atoms with Gasteiger partial charge in [-0.15, -0.1) is 0 Å². The van der Waals surface area contributed by atoms with Crippen molar-refractivity contribution >= 4 is 23.6 Å². The number of hydrogen-bond acceptors (Lipinski definition) is 5. The van der Waals surface area contributed by atoms with Gasteiger partial charge in [-0.05, 0) is 44.2 Å². The van der Waals surface area contributed by atoms with Crippen LogP contribution in [0, 0.1) is 13.8 Å². The molecule has 3 rings (SSSR count). The molecule has 8 heteroatoms. The molecule has 0 fully saturated rings. The standard InChI is InChI=1S/C21H21N3O5/c1-14-11-18(15(2)24(14)12-17-9-6-10-28-17)20(26)29-13-19(25)23-21(27)22-16-7-4-3-5-8-16/h3-11H,12-13H2,1-2H3,(H2,22,23,25,27). The summed E-state index contributed by atoms with van der Waals surface area (Å²) in [5.41, 5.74) is 2.46. The van der Waals surface area contributed by atoms with Gasteiger partial charge in [-0.3, -0.25) is 10.1 Å². The molecule has 0 unspecified atom stereocenters. The fourth-order valence-corrected chi connectivity index (χ4v) is 2.86. The number of aryl methyl sites for hydroxylation is 1. The lowest BCUT2D eigenvalue weighted by Gasteiger charge is -2.09. The number of hydrogen-bond donors (Lipinski definition) is 2. The number of nitrogens with one attached hydrogen (secondary N) is 2. The first-order chi connectivity index (χ1) is 13.9. The minimum atomic E-state index is -0.726. The SMILES string of the molecule is Cc1cc(C(=O)OCC(=O)NC(=O)Nc2ccccc2)c(C)n1Cc1ccco1. The van der Waals surface area contributed by atoms with Gasteiger partial charge in [0.15, 0.2) is 6.61 Å². The van der Waals surface area contributed by atoms with E-state index in [-0.39, 0.29) is 0 Å². The number of benzene rings is 1. The fourth-order valence-electron chi connectivity index (χ4n) is 2.86. The Hall–Kier alpha value is -3.81. The first kappa shape index (κ1) is 19.9. The summed E-state index contributed by atoms with van der Waals surface area (Å²) in [7, 11) is 0. The smallest absolute Gasteiger partial charge is 0.340 e. The van der Waals surface area contributed by atoms with E-state index in [1.54, 1.807) is 55.7 Å². The molecule has 0 aliphatic heterocycles. The molecule has 0 bridgehead atoms. The third-order valence-corrected chi connectivity index (χ3v) is 4.31. The lowest BCUT2D eigenvalue weighted by molar-refractivity contribution is -0.123. The maximum Gasteiger partial charge on any atom is 0.340 e. The minimum Gasteiger partial charge on any atom is -0.467 e. The zero-order valence-corrected chi connectivity index (χ0v) is 16.1. The number of carbonyl (C=O) groups excluding carboxylic acids is 3. The normalized spacial score (nSPS) is 10.4. The largest absolute Gasteiger partial charge is 0.467 e. The average Bonchev–Trinajstić information content (AvgIpc) is 3.30. The second-order valence-corrected chi connectivity index (χ2v) is 6.39. The number of nitrogens with zero attached hydrogens (tertiary/aromatic N) is 1. The van der Waals surface area contributed by atoms with E-state index in [9.17, 15) is 14.4 Å². The molecule has 0 saturated heterocycles. The summed E-state index contributed by atoms with van der Waals surface area (Å²) in [6.45, 7) is 3.58. The molecule has 29 heavy (non-hydrogen) atoms. The van der Waals surface area contributed by atoms with E-state index in [4.69, 9.17) is 9.15 Å². The highest BCUT2D eigenvalue weighted by Crippen LogP contribution is 2.18. The third-order valence-electron chi connectivity index (χ3n) is 4.31. The van der Waals surface area contributed by atoms with Crippen LogP contribution in [0.5, 0.6) is 0 Å². The number of ether oxygens (including phenoxy) is 1. The number of amides is 3. The number of carbonyl (C=O) groups is 3. The van der Waals surface area contributed by atoms with E-state index >= 15 is 0 Å². The number of anilines is 1. The van der Waals surface area contributed by atoms with Crippen LogP contribution >= 0.6 is 0 Å². The number of rotatable bonds is 6. The molecule has 0 atom stereocenters. The first-order valence-electron chi connectivity index (χ1n) is 8.96. The molecule has 2 heterocycles. The summed E-state index contributed by atoms with van der Waals surface area (Å²) in [5.74, 6) is -0.603. The van der Waals surface area contributed by atoms with E-state index in [0.29, 0.717) is 23.5 Å². The van der Waals surface area contributed by atoms with Crippen LogP contribution in [0.15, 0.2) is 59.2 Å².